The first-order valence-electron chi connectivity index (χ1n) is 7.66. The highest BCUT2D eigenvalue weighted by molar-refractivity contribution is 6.31. The Labute approximate surface area is 147 Å². The number of ether oxygens (including phenoxy) is 2. The van der Waals surface area contributed by atoms with Gasteiger partial charge in [-0.25, -0.2) is 0 Å². The maximum absolute atomic E-state index is 6.13. The van der Waals surface area contributed by atoms with Crippen LogP contribution in [0.1, 0.15) is 12.0 Å². The summed E-state index contributed by atoms with van der Waals surface area (Å²) >= 11 is 6.13. The normalized spacial score (nSPS) is 11.2. The molecule has 0 saturated heterocycles. The Balaban J connectivity index is 1.87. The maximum atomic E-state index is 6.13. The van der Waals surface area contributed by atoms with Gasteiger partial charge in [0.05, 0.1) is 14.2 Å². The molecule has 0 spiro atoms. The molecule has 128 valence electrons. The van der Waals surface area contributed by atoms with Crippen LogP contribution in [-0.4, -0.2) is 26.7 Å². The van der Waals surface area contributed by atoms with Crippen molar-refractivity contribution in [1.29, 1.82) is 0 Å². The average Bonchev–Trinajstić information content (AvgIpc) is 2.60. The van der Waals surface area contributed by atoms with Gasteiger partial charge in [0, 0.05) is 23.3 Å². The van der Waals surface area contributed by atoms with Gasteiger partial charge >= 0.3 is 0 Å². The number of nitrogens with one attached hydrogen (secondary N) is 1. The molecule has 0 aliphatic rings. The molecule has 0 aliphatic carbocycles. The quantitative estimate of drug-likeness (QED) is 0.455. The van der Waals surface area contributed by atoms with Gasteiger partial charge < -0.3 is 20.5 Å². The summed E-state index contributed by atoms with van der Waals surface area (Å²) < 4.78 is 10.5. The number of benzene rings is 2. The van der Waals surface area contributed by atoms with E-state index in [0.717, 1.165) is 29.1 Å². The molecule has 2 rings (SSSR count). The second-order valence-corrected chi connectivity index (χ2v) is 5.56. The molecule has 0 heterocycles. The molecule has 0 atom stereocenters. The van der Waals surface area contributed by atoms with Gasteiger partial charge in [-0.05, 0) is 36.6 Å². The van der Waals surface area contributed by atoms with E-state index in [9.17, 15) is 0 Å². The van der Waals surface area contributed by atoms with E-state index in [2.05, 4.69) is 10.3 Å². The van der Waals surface area contributed by atoms with Gasteiger partial charge in [0.15, 0.2) is 17.5 Å². The summed E-state index contributed by atoms with van der Waals surface area (Å²) in [4.78, 5) is 4.33. The summed E-state index contributed by atoms with van der Waals surface area (Å²) in [5.41, 5.74) is 7.84. The Bertz CT molecular complexity index is 704. The van der Waals surface area contributed by atoms with Crippen LogP contribution >= 0.6 is 11.6 Å². The Morgan fingerprint density at radius 3 is 2.58 bits per heavy atom. The molecule has 0 bridgehead atoms. The fourth-order valence-electron chi connectivity index (χ4n) is 2.27. The molecule has 0 saturated carbocycles. The molecule has 0 radical (unpaired) electrons. The van der Waals surface area contributed by atoms with Crippen LogP contribution in [0.2, 0.25) is 5.02 Å². The zero-order chi connectivity index (χ0) is 17.4. The molecule has 0 amide bonds. The van der Waals surface area contributed by atoms with Crippen molar-refractivity contribution in [3.8, 4) is 11.5 Å². The van der Waals surface area contributed by atoms with E-state index >= 15 is 0 Å². The molecule has 0 aliphatic heterocycles. The Kier molecular flexibility index (Phi) is 6.75. The van der Waals surface area contributed by atoms with E-state index in [1.807, 2.05) is 42.5 Å². The lowest BCUT2D eigenvalue weighted by Gasteiger charge is -2.11. The van der Waals surface area contributed by atoms with E-state index in [1.165, 1.54) is 0 Å². The minimum atomic E-state index is 0.362. The van der Waals surface area contributed by atoms with Crippen LogP contribution in [0, 0.1) is 0 Å². The number of halogens is 1. The minimum Gasteiger partial charge on any atom is -0.493 e. The van der Waals surface area contributed by atoms with E-state index in [1.54, 1.807) is 14.2 Å². The second kappa shape index (κ2) is 9.03. The third kappa shape index (κ3) is 5.06. The standard InChI is InChI=1S/C18H22ClN3O2/c1-23-16-10-9-14(12-17(16)24-2)22-18(20)21-11-5-7-13-6-3-4-8-15(13)19/h3-4,6,8-10,12H,5,7,11H2,1-2H3,(H3,20,21,22). The summed E-state index contributed by atoms with van der Waals surface area (Å²) in [6.07, 6.45) is 1.74. The smallest absolute Gasteiger partial charge is 0.193 e. The van der Waals surface area contributed by atoms with Crippen LogP contribution in [0.25, 0.3) is 0 Å². The van der Waals surface area contributed by atoms with Gasteiger partial charge in [0.25, 0.3) is 0 Å². The van der Waals surface area contributed by atoms with Gasteiger partial charge in [0.2, 0.25) is 0 Å². The molecule has 24 heavy (non-hydrogen) atoms. The first kappa shape index (κ1) is 17.9. The highest BCUT2D eigenvalue weighted by atomic mass is 35.5. The highest BCUT2D eigenvalue weighted by Gasteiger charge is 2.05. The number of nitrogens with two attached hydrogens (primary N) is 1. The number of aliphatic imine (C=N–C) groups is 1. The summed E-state index contributed by atoms with van der Waals surface area (Å²) in [7, 11) is 3.19. The number of nitrogens with zero attached hydrogens (tertiary/aromatic N) is 1. The van der Waals surface area contributed by atoms with Crippen molar-refractivity contribution in [3.05, 3.63) is 53.1 Å². The minimum absolute atomic E-state index is 0.362. The Morgan fingerprint density at radius 2 is 1.88 bits per heavy atom. The van der Waals surface area contributed by atoms with Crippen LogP contribution in [-0.2, 0) is 6.42 Å². The zero-order valence-electron chi connectivity index (χ0n) is 13.9. The third-order valence-corrected chi connectivity index (χ3v) is 3.87. The number of hydrogen-bond acceptors (Lipinski definition) is 3. The predicted molar refractivity (Wildman–Crippen MR) is 99.4 cm³/mol. The Morgan fingerprint density at radius 1 is 1.12 bits per heavy atom. The molecule has 3 N–H and O–H groups in total. The number of hydrogen-bond donors (Lipinski definition) is 2. The molecular weight excluding hydrogens is 326 g/mol. The van der Waals surface area contributed by atoms with Crippen molar-refractivity contribution < 1.29 is 9.47 Å². The summed E-state index contributed by atoms with van der Waals surface area (Å²) in [6.45, 7) is 0.622. The van der Waals surface area contributed by atoms with Crippen molar-refractivity contribution in [2.24, 2.45) is 10.7 Å². The molecule has 0 fully saturated rings. The second-order valence-electron chi connectivity index (χ2n) is 5.16. The van der Waals surface area contributed by atoms with E-state index in [0.29, 0.717) is 24.0 Å². The molecule has 5 nitrogen and oxygen atoms in total. The summed E-state index contributed by atoms with van der Waals surface area (Å²) in [5, 5.41) is 3.83. The molecule has 0 unspecified atom stereocenters. The van der Waals surface area contributed by atoms with Gasteiger partial charge in [-0.1, -0.05) is 29.8 Å². The highest BCUT2D eigenvalue weighted by Crippen LogP contribution is 2.29. The number of rotatable bonds is 7. The van der Waals surface area contributed by atoms with Crippen molar-refractivity contribution in [2.75, 3.05) is 26.1 Å². The first-order valence-corrected chi connectivity index (χ1v) is 8.04. The van der Waals surface area contributed by atoms with Crippen molar-refractivity contribution in [3.63, 3.8) is 0 Å². The van der Waals surface area contributed by atoms with E-state index in [4.69, 9.17) is 26.8 Å². The fraction of sp³-hybridized carbons (Fsp3) is 0.278. The van der Waals surface area contributed by atoms with Crippen LogP contribution in [0.15, 0.2) is 47.5 Å². The third-order valence-electron chi connectivity index (χ3n) is 3.50. The number of aryl methyl sites for hydroxylation is 1. The summed E-state index contributed by atoms with van der Waals surface area (Å²) in [6, 6.07) is 13.3. The fourth-order valence-corrected chi connectivity index (χ4v) is 2.50. The van der Waals surface area contributed by atoms with Crippen LogP contribution in [0.3, 0.4) is 0 Å². The van der Waals surface area contributed by atoms with Crippen LogP contribution in [0.4, 0.5) is 5.69 Å². The van der Waals surface area contributed by atoms with Gasteiger partial charge in [-0.15, -0.1) is 0 Å². The lowest BCUT2D eigenvalue weighted by Crippen LogP contribution is -2.22. The van der Waals surface area contributed by atoms with Gasteiger partial charge in [0.1, 0.15) is 0 Å². The summed E-state index contributed by atoms with van der Waals surface area (Å²) in [5.74, 6) is 1.66. The molecule has 2 aromatic rings. The molecule has 0 aromatic heterocycles. The largest absolute Gasteiger partial charge is 0.493 e. The monoisotopic (exact) mass is 347 g/mol. The van der Waals surface area contributed by atoms with Gasteiger partial charge in [-0.3, -0.25) is 4.99 Å². The van der Waals surface area contributed by atoms with Gasteiger partial charge in [-0.2, -0.15) is 0 Å². The van der Waals surface area contributed by atoms with Crippen LogP contribution in [0.5, 0.6) is 11.5 Å². The lowest BCUT2D eigenvalue weighted by molar-refractivity contribution is 0.355. The zero-order valence-corrected chi connectivity index (χ0v) is 14.6. The van der Waals surface area contributed by atoms with Crippen molar-refractivity contribution in [1.82, 2.24) is 0 Å². The number of guanidine groups is 1. The predicted octanol–water partition coefficient (Wildman–Crippen LogP) is 3.72. The van der Waals surface area contributed by atoms with Crippen molar-refractivity contribution >= 4 is 23.2 Å². The lowest BCUT2D eigenvalue weighted by atomic mass is 10.1. The number of methoxy groups -OCH3 is 2. The number of anilines is 1. The van der Waals surface area contributed by atoms with Crippen LogP contribution < -0.4 is 20.5 Å². The Hall–Kier alpha value is -2.40. The molecule has 6 heteroatoms. The SMILES string of the molecule is COc1ccc(NC(N)=NCCCc2ccccc2Cl)cc1OC. The first-order chi connectivity index (χ1) is 11.6. The van der Waals surface area contributed by atoms with Crippen molar-refractivity contribution in [2.45, 2.75) is 12.8 Å². The van der Waals surface area contributed by atoms with E-state index in [-0.39, 0.29) is 0 Å². The molecular formula is C18H22ClN3O2. The average molecular weight is 348 g/mol. The molecule has 2 aromatic carbocycles. The topological polar surface area (TPSA) is 68.9 Å². The maximum Gasteiger partial charge on any atom is 0.193 e. The van der Waals surface area contributed by atoms with E-state index < -0.39 is 0 Å².